The molecule has 0 radical (unpaired) electrons. The molecule has 0 saturated heterocycles. The van der Waals surface area contributed by atoms with Gasteiger partial charge < -0.3 is 20.1 Å². The number of methoxy groups -OCH3 is 2. The quantitative estimate of drug-likeness (QED) is 0.617. The van der Waals surface area contributed by atoms with Crippen molar-refractivity contribution in [3.63, 3.8) is 0 Å². The van der Waals surface area contributed by atoms with Crippen molar-refractivity contribution < 1.29 is 14.3 Å². The molecule has 0 unspecified atom stereocenters. The van der Waals surface area contributed by atoms with Gasteiger partial charge in [-0.15, -0.1) is 0 Å². The van der Waals surface area contributed by atoms with Crippen molar-refractivity contribution in [3.8, 4) is 11.5 Å². The first kappa shape index (κ1) is 19.5. The topological polar surface area (TPSA) is 72.5 Å². The minimum atomic E-state index is -0.270. The summed E-state index contributed by atoms with van der Waals surface area (Å²) in [6.45, 7) is 0.337. The normalized spacial score (nSPS) is 10.2. The average molecular weight is 398 g/mol. The van der Waals surface area contributed by atoms with Crippen LogP contribution in [0, 0.1) is 0 Å². The second kappa shape index (κ2) is 9.10. The van der Waals surface area contributed by atoms with E-state index in [9.17, 15) is 4.79 Å². The lowest BCUT2D eigenvalue weighted by Gasteiger charge is -2.12. The molecule has 1 aromatic heterocycles. The second-order valence-corrected chi connectivity index (χ2v) is 6.30. The van der Waals surface area contributed by atoms with Gasteiger partial charge in [0.1, 0.15) is 17.2 Å². The number of hydrogen-bond donors (Lipinski definition) is 2. The van der Waals surface area contributed by atoms with Gasteiger partial charge >= 0.3 is 0 Å². The van der Waals surface area contributed by atoms with Gasteiger partial charge in [0.05, 0.1) is 31.8 Å². The largest absolute Gasteiger partial charge is 0.497 e. The predicted octanol–water partition coefficient (Wildman–Crippen LogP) is 4.43. The number of benzene rings is 2. The summed E-state index contributed by atoms with van der Waals surface area (Å²) in [6.07, 6.45) is 1.59. The summed E-state index contributed by atoms with van der Waals surface area (Å²) in [7, 11) is 3.19. The van der Waals surface area contributed by atoms with E-state index in [1.807, 2.05) is 30.3 Å². The van der Waals surface area contributed by atoms with Crippen molar-refractivity contribution in [1.29, 1.82) is 0 Å². The van der Waals surface area contributed by atoms with Crippen LogP contribution < -0.4 is 20.1 Å². The Morgan fingerprint density at radius 1 is 1.07 bits per heavy atom. The van der Waals surface area contributed by atoms with E-state index in [1.165, 1.54) is 0 Å². The maximum absolute atomic E-state index is 12.3. The molecule has 0 aliphatic rings. The number of hydrogen-bond acceptors (Lipinski definition) is 5. The Labute approximate surface area is 168 Å². The predicted molar refractivity (Wildman–Crippen MR) is 110 cm³/mol. The Bertz CT molecular complexity index is 961. The van der Waals surface area contributed by atoms with E-state index in [2.05, 4.69) is 15.6 Å². The lowest BCUT2D eigenvalue weighted by atomic mass is 10.2. The molecule has 0 aliphatic carbocycles. The molecule has 3 rings (SSSR count). The number of carbonyl (C=O) groups excluding carboxylic acids is 1. The van der Waals surface area contributed by atoms with E-state index >= 15 is 0 Å². The van der Waals surface area contributed by atoms with E-state index in [0.29, 0.717) is 28.8 Å². The van der Waals surface area contributed by atoms with Crippen LogP contribution >= 0.6 is 11.6 Å². The number of nitrogens with zero attached hydrogens (tertiary/aromatic N) is 1. The van der Waals surface area contributed by atoms with Crippen LogP contribution in [0.25, 0.3) is 0 Å². The summed E-state index contributed by atoms with van der Waals surface area (Å²) in [5.41, 5.74) is 2.66. The van der Waals surface area contributed by atoms with Crippen molar-refractivity contribution in [2.24, 2.45) is 0 Å². The first-order valence-corrected chi connectivity index (χ1v) is 8.95. The maximum Gasteiger partial charge on any atom is 0.270 e. The molecule has 0 saturated carbocycles. The number of aromatic nitrogens is 1. The molecular weight excluding hydrogens is 378 g/mol. The molecule has 1 heterocycles. The van der Waals surface area contributed by atoms with Crippen molar-refractivity contribution in [2.75, 3.05) is 19.5 Å². The Morgan fingerprint density at radius 3 is 2.57 bits per heavy atom. The highest BCUT2D eigenvalue weighted by Crippen LogP contribution is 2.31. The van der Waals surface area contributed by atoms with Crippen LogP contribution in [0.2, 0.25) is 5.02 Å². The van der Waals surface area contributed by atoms with E-state index < -0.39 is 0 Å². The van der Waals surface area contributed by atoms with Gasteiger partial charge in [-0.2, -0.15) is 0 Å². The number of carbonyl (C=O) groups is 1. The number of rotatable bonds is 7. The van der Waals surface area contributed by atoms with Gasteiger partial charge in [0, 0.05) is 17.6 Å². The third kappa shape index (κ3) is 4.72. The summed E-state index contributed by atoms with van der Waals surface area (Å²) >= 11 is 6.10. The zero-order valence-corrected chi connectivity index (χ0v) is 16.3. The summed E-state index contributed by atoms with van der Waals surface area (Å²) in [6, 6.07) is 16.3. The van der Waals surface area contributed by atoms with Gasteiger partial charge in [-0.3, -0.25) is 4.79 Å². The lowest BCUT2D eigenvalue weighted by molar-refractivity contribution is 0.0946. The van der Waals surface area contributed by atoms with Gasteiger partial charge in [0.2, 0.25) is 0 Å². The van der Waals surface area contributed by atoms with Crippen LogP contribution in [0.5, 0.6) is 11.5 Å². The zero-order valence-electron chi connectivity index (χ0n) is 15.5. The van der Waals surface area contributed by atoms with Crippen LogP contribution in [-0.2, 0) is 6.54 Å². The molecule has 0 bridgehead atoms. The van der Waals surface area contributed by atoms with E-state index in [1.54, 1.807) is 44.7 Å². The standard InChI is InChI=1S/C21H20ClN3O3/c1-27-16-8-10-18(20(11-16)28-2)25-15-7-9-19(23-13-15)21(26)24-12-14-5-3-4-6-17(14)22/h3-11,13,25H,12H2,1-2H3,(H,24,26). The molecule has 6 nitrogen and oxygen atoms in total. The van der Waals surface area contributed by atoms with Crippen LogP contribution in [0.3, 0.4) is 0 Å². The van der Waals surface area contributed by atoms with Gasteiger partial charge in [-0.05, 0) is 35.9 Å². The lowest BCUT2D eigenvalue weighted by Crippen LogP contribution is -2.23. The molecular formula is C21H20ClN3O3. The van der Waals surface area contributed by atoms with Crippen molar-refractivity contribution in [1.82, 2.24) is 10.3 Å². The smallest absolute Gasteiger partial charge is 0.270 e. The number of amides is 1. The molecule has 0 spiro atoms. The minimum absolute atomic E-state index is 0.270. The molecule has 1 amide bonds. The van der Waals surface area contributed by atoms with Crippen molar-refractivity contribution >= 4 is 28.9 Å². The third-order valence-electron chi connectivity index (χ3n) is 4.08. The Kier molecular flexibility index (Phi) is 6.34. The summed E-state index contributed by atoms with van der Waals surface area (Å²) in [5, 5.41) is 6.64. The Balaban J connectivity index is 1.65. The van der Waals surface area contributed by atoms with Crippen LogP contribution in [-0.4, -0.2) is 25.1 Å². The van der Waals surface area contributed by atoms with Crippen LogP contribution in [0.15, 0.2) is 60.8 Å². The third-order valence-corrected chi connectivity index (χ3v) is 4.45. The van der Waals surface area contributed by atoms with Gasteiger partial charge in [-0.25, -0.2) is 4.98 Å². The first-order chi connectivity index (χ1) is 13.6. The van der Waals surface area contributed by atoms with Crippen molar-refractivity contribution in [3.05, 3.63) is 77.1 Å². The van der Waals surface area contributed by atoms with E-state index in [0.717, 1.165) is 16.9 Å². The molecule has 28 heavy (non-hydrogen) atoms. The number of ether oxygens (including phenoxy) is 2. The van der Waals surface area contributed by atoms with E-state index in [-0.39, 0.29) is 5.91 Å². The summed E-state index contributed by atoms with van der Waals surface area (Å²) in [5.74, 6) is 1.07. The molecule has 144 valence electrons. The van der Waals surface area contributed by atoms with Crippen molar-refractivity contribution in [2.45, 2.75) is 6.54 Å². The number of halogens is 1. The van der Waals surface area contributed by atoms with Gasteiger partial charge in [0.25, 0.3) is 5.91 Å². The van der Waals surface area contributed by atoms with Gasteiger partial charge in [-0.1, -0.05) is 29.8 Å². The fourth-order valence-corrected chi connectivity index (χ4v) is 2.77. The van der Waals surface area contributed by atoms with Crippen LogP contribution in [0.1, 0.15) is 16.1 Å². The first-order valence-electron chi connectivity index (χ1n) is 8.57. The molecule has 0 atom stereocenters. The molecule has 0 aliphatic heterocycles. The number of anilines is 2. The fraction of sp³-hybridized carbons (Fsp3) is 0.143. The summed E-state index contributed by atoms with van der Waals surface area (Å²) in [4.78, 5) is 16.5. The summed E-state index contributed by atoms with van der Waals surface area (Å²) < 4.78 is 10.6. The van der Waals surface area contributed by atoms with Crippen LogP contribution in [0.4, 0.5) is 11.4 Å². The molecule has 3 aromatic rings. The maximum atomic E-state index is 12.3. The highest BCUT2D eigenvalue weighted by Gasteiger charge is 2.10. The highest BCUT2D eigenvalue weighted by molar-refractivity contribution is 6.31. The number of pyridine rings is 1. The van der Waals surface area contributed by atoms with E-state index in [4.69, 9.17) is 21.1 Å². The second-order valence-electron chi connectivity index (χ2n) is 5.90. The number of nitrogens with one attached hydrogen (secondary N) is 2. The molecule has 2 aromatic carbocycles. The Morgan fingerprint density at radius 2 is 1.89 bits per heavy atom. The minimum Gasteiger partial charge on any atom is -0.497 e. The highest BCUT2D eigenvalue weighted by atomic mass is 35.5. The average Bonchev–Trinajstić information content (AvgIpc) is 2.73. The zero-order chi connectivity index (χ0) is 19.9. The molecule has 0 fully saturated rings. The molecule has 7 heteroatoms. The van der Waals surface area contributed by atoms with Gasteiger partial charge in [0.15, 0.2) is 0 Å². The monoisotopic (exact) mass is 397 g/mol. The Hall–Kier alpha value is -3.25. The SMILES string of the molecule is COc1ccc(Nc2ccc(C(=O)NCc3ccccc3Cl)nc2)c(OC)c1. The fourth-order valence-electron chi connectivity index (χ4n) is 2.57. The molecule has 2 N–H and O–H groups in total.